The van der Waals surface area contributed by atoms with E-state index in [0.29, 0.717) is 22.9 Å². The van der Waals surface area contributed by atoms with Crippen molar-refractivity contribution < 1.29 is 14.1 Å². The lowest BCUT2D eigenvalue weighted by molar-refractivity contribution is -0.115. The summed E-state index contributed by atoms with van der Waals surface area (Å²) in [6.45, 7) is 3.91. The number of carbonyl (C=O) groups is 1. The molecule has 0 saturated carbocycles. The quantitative estimate of drug-likeness (QED) is 0.912. The molecule has 0 bridgehead atoms. The molecule has 1 fully saturated rings. The number of benzene rings is 1. The SMILES string of the molecule is COc1ccc(N2CCCCC2)cc1NC(=O)Cc1cc(C)on1. The highest BCUT2D eigenvalue weighted by atomic mass is 16.5. The number of hydrogen-bond donors (Lipinski definition) is 1. The lowest BCUT2D eigenvalue weighted by Crippen LogP contribution is -2.29. The highest BCUT2D eigenvalue weighted by Gasteiger charge is 2.15. The van der Waals surface area contributed by atoms with Crippen LogP contribution >= 0.6 is 0 Å². The van der Waals surface area contributed by atoms with Crippen LogP contribution in [0.15, 0.2) is 28.8 Å². The lowest BCUT2D eigenvalue weighted by atomic mass is 10.1. The molecule has 6 heteroatoms. The van der Waals surface area contributed by atoms with Gasteiger partial charge in [-0.2, -0.15) is 0 Å². The van der Waals surface area contributed by atoms with Crippen molar-refractivity contribution in [2.24, 2.45) is 0 Å². The van der Waals surface area contributed by atoms with Gasteiger partial charge in [0.15, 0.2) is 0 Å². The molecular weight excluding hydrogens is 306 g/mol. The van der Waals surface area contributed by atoms with Crippen molar-refractivity contribution in [1.29, 1.82) is 0 Å². The maximum atomic E-state index is 12.3. The molecule has 0 aliphatic carbocycles. The molecule has 1 aromatic heterocycles. The fraction of sp³-hybridized carbons (Fsp3) is 0.444. The van der Waals surface area contributed by atoms with E-state index in [4.69, 9.17) is 9.26 Å². The van der Waals surface area contributed by atoms with Gasteiger partial charge in [0.2, 0.25) is 5.91 Å². The van der Waals surface area contributed by atoms with Crippen LogP contribution in [0.2, 0.25) is 0 Å². The highest BCUT2D eigenvalue weighted by Crippen LogP contribution is 2.31. The van der Waals surface area contributed by atoms with E-state index >= 15 is 0 Å². The second-order valence-electron chi connectivity index (χ2n) is 6.09. The normalized spacial score (nSPS) is 14.5. The van der Waals surface area contributed by atoms with Crippen LogP contribution in [-0.4, -0.2) is 31.3 Å². The van der Waals surface area contributed by atoms with Gasteiger partial charge < -0.3 is 19.5 Å². The number of nitrogens with one attached hydrogen (secondary N) is 1. The summed E-state index contributed by atoms with van der Waals surface area (Å²) in [5.74, 6) is 1.21. The molecule has 1 aliphatic heterocycles. The van der Waals surface area contributed by atoms with Crippen molar-refractivity contribution in [3.63, 3.8) is 0 Å². The summed E-state index contributed by atoms with van der Waals surface area (Å²) in [4.78, 5) is 14.6. The van der Waals surface area contributed by atoms with Gasteiger partial charge in [-0.25, -0.2) is 0 Å². The highest BCUT2D eigenvalue weighted by molar-refractivity contribution is 5.94. The maximum Gasteiger partial charge on any atom is 0.230 e. The van der Waals surface area contributed by atoms with Crippen LogP contribution in [0.1, 0.15) is 30.7 Å². The Hall–Kier alpha value is -2.50. The Labute approximate surface area is 141 Å². The Kier molecular flexibility index (Phi) is 5.03. The number of piperidine rings is 1. The molecule has 1 aliphatic rings. The van der Waals surface area contributed by atoms with Gasteiger partial charge in [0.05, 0.1) is 24.9 Å². The fourth-order valence-electron chi connectivity index (χ4n) is 3.00. The van der Waals surface area contributed by atoms with Gasteiger partial charge in [0.1, 0.15) is 11.5 Å². The van der Waals surface area contributed by atoms with Crippen molar-refractivity contribution >= 4 is 17.3 Å². The molecule has 2 heterocycles. The van der Waals surface area contributed by atoms with E-state index in [1.165, 1.54) is 19.3 Å². The molecular formula is C18H23N3O3. The molecule has 1 saturated heterocycles. The van der Waals surface area contributed by atoms with Crippen LogP contribution in [0, 0.1) is 6.92 Å². The van der Waals surface area contributed by atoms with Crippen LogP contribution in [-0.2, 0) is 11.2 Å². The fourth-order valence-corrected chi connectivity index (χ4v) is 3.00. The lowest BCUT2D eigenvalue weighted by Gasteiger charge is -2.29. The largest absolute Gasteiger partial charge is 0.495 e. The number of anilines is 2. The molecule has 1 amide bonds. The summed E-state index contributed by atoms with van der Waals surface area (Å²) in [6, 6.07) is 7.69. The Bertz CT molecular complexity index is 705. The average Bonchev–Trinajstić information content (AvgIpc) is 3.00. The average molecular weight is 329 g/mol. The second-order valence-corrected chi connectivity index (χ2v) is 6.09. The summed E-state index contributed by atoms with van der Waals surface area (Å²) in [6.07, 6.45) is 3.88. The first-order valence-corrected chi connectivity index (χ1v) is 8.31. The molecule has 6 nitrogen and oxygen atoms in total. The first kappa shape index (κ1) is 16.4. The van der Waals surface area contributed by atoms with E-state index < -0.39 is 0 Å². The minimum atomic E-state index is -0.141. The van der Waals surface area contributed by atoms with Gasteiger partial charge in [-0.3, -0.25) is 4.79 Å². The molecule has 128 valence electrons. The number of amides is 1. The number of aryl methyl sites for hydroxylation is 1. The van der Waals surface area contributed by atoms with Crippen LogP contribution < -0.4 is 15.0 Å². The summed E-state index contributed by atoms with van der Waals surface area (Å²) in [7, 11) is 1.60. The van der Waals surface area contributed by atoms with E-state index in [0.717, 1.165) is 18.8 Å². The number of aromatic nitrogens is 1. The third-order valence-corrected chi connectivity index (χ3v) is 4.20. The van der Waals surface area contributed by atoms with Gasteiger partial charge >= 0.3 is 0 Å². The number of nitrogens with zero attached hydrogens (tertiary/aromatic N) is 2. The second kappa shape index (κ2) is 7.38. The van der Waals surface area contributed by atoms with Crippen LogP contribution in [0.3, 0.4) is 0 Å². The molecule has 0 spiro atoms. The molecule has 2 aromatic rings. The van der Waals surface area contributed by atoms with Gasteiger partial charge in [0.25, 0.3) is 0 Å². The van der Waals surface area contributed by atoms with Crippen molar-refractivity contribution in [1.82, 2.24) is 5.16 Å². The van der Waals surface area contributed by atoms with E-state index in [1.807, 2.05) is 18.2 Å². The van der Waals surface area contributed by atoms with Crippen molar-refractivity contribution in [3.05, 3.63) is 35.7 Å². The molecule has 3 rings (SSSR count). The standard InChI is InChI=1S/C18H23N3O3/c1-13-10-14(20-24-13)11-18(22)19-16-12-15(6-7-17(16)23-2)21-8-4-3-5-9-21/h6-7,10,12H,3-5,8-9,11H2,1-2H3,(H,19,22). The Morgan fingerprint density at radius 3 is 2.75 bits per heavy atom. The number of hydrogen-bond acceptors (Lipinski definition) is 5. The predicted molar refractivity (Wildman–Crippen MR) is 92.6 cm³/mol. The molecule has 24 heavy (non-hydrogen) atoms. The van der Waals surface area contributed by atoms with E-state index in [-0.39, 0.29) is 12.3 Å². The molecule has 0 unspecified atom stereocenters. The van der Waals surface area contributed by atoms with Crippen LogP contribution in [0.4, 0.5) is 11.4 Å². The zero-order valence-electron chi connectivity index (χ0n) is 14.2. The number of rotatable bonds is 5. The molecule has 1 aromatic carbocycles. The first-order chi connectivity index (χ1) is 11.7. The summed E-state index contributed by atoms with van der Waals surface area (Å²) in [5.41, 5.74) is 2.42. The van der Waals surface area contributed by atoms with Gasteiger partial charge in [-0.05, 0) is 44.4 Å². The van der Waals surface area contributed by atoms with E-state index in [1.54, 1.807) is 20.1 Å². The maximum absolute atomic E-state index is 12.3. The minimum absolute atomic E-state index is 0.141. The number of ether oxygens (including phenoxy) is 1. The van der Waals surface area contributed by atoms with Gasteiger partial charge in [-0.15, -0.1) is 0 Å². The predicted octanol–water partition coefficient (Wildman–Crippen LogP) is 3.16. The zero-order valence-corrected chi connectivity index (χ0v) is 14.2. The van der Waals surface area contributed by atoms with Crippen molar-refractivity contribution in [2.75, 3.05) is 30.4 Å². The molecule has 0 atom stereocenters. The van der Waals surface area contributed by atoms with Crippen LogP contribution in [0.25, 0.3) is 0 Å². The Morgan fingerprint density at radius 2 is 2.08 bits per heavy atom. The van der Waals surface area contributed by atoms with E-state index in [2.05, 4.69) is 15.4 Å². The van der Waals surface area contributed by atoms with Crippen molar-refractivity contribution in [2.45, 2.75) is 32.6 Å². The Balaban J connectivity index is 1.73. The minimum Gasteiger partial charge on any atom is -0.495 e. The first-order valence-electron chi connectivity index (χ1n) is 8.31. The summed E-state index contributed by atoms with van der Waals surface area (Å²) >= 11 is 0. The summed E-state index contributed by atoms with van der Waals surface area (Å²) in [5, 5.41) is 6.78. The van der Waals surface area contributed by atoms with Crippen LogP contribution in [0.5, 0.6) is 5.75 Å². The van der Waals surface area contributed by atoms with E-state index in [9.17, 15) is 4.79 Å². The monoisotopic (exact) mass is 329 g/mol. The molecule has 1 N–H and O–H groups in total. The number of carbonyl (C=O) groups excluding carboxylic acids is 1. The third-order valence-electron chi connectivity index (χ3n) is 4.20. The zero-order chi connectivity index (χ0) is 16.9. The topological polar surface area (TPSA) is 67.6 Å². The van der Waals surface area contributed by atoms with Gasteiger partial charge in [-0.1, -0.05) is 5.16 Å². The smallest absolute Gasteiger partial charge is 0.230 e. The van der Waals surface area contributed by atoms with Gasteiger partial charge in [0, 0.05) is 24.8 Å². The van der Waals surface area contributed by atoms with Crippen molar-refractivity contribution in [3.8, 4) is 5.75 Å². The molecule has 0 radical (unpaired) electrons. The third kappa shape index (κ3) is 3.88. The summed E-state index contributed by atoms with van der Waals surface area (Å²) < 4.78 is 10.4. The number of methoxy groups -OCH3 is 1. The Morgan fingerprint density at radius 1 is 1.29 bits per heavy atom.